The molecule has 0 saturated heterocycles. The summed E-state index contributed by atoms with van der Waals surface area (Å²) in [5, 5.41) is 63.9. The van der Waals surface area contributed by atoms with Crippen LogP contribution in [0.15, 0.2) is 122 Å². The summed E-state index contributed by atoms with van der Waals surface area (Å²) in [4.78, 5) is 62.6. The fourth-order valence-electron chi connectivity index (χ4n) is 9.85. The summed E-state index contributed by atoms with van der Waals surface area (Å²) >= 11 is 3.36. The van der Waals surface area contributed by atoms with Crippen LogP contribution in [0.1, 0.15) is 112 Å². The Hall–Kier alpha value is -10.1. The highest BCUT2D eigenvalue weighted by atomic mass is 79.9. The maximum atomic E-state index is 13.2. The van der Waals surface area contributed by atoms with Gasteiger partial charge in [0.2, 0.25) is 29.7 Å². The molecular formula is C68H93BrFN25O5. The predicted octanol–water partition coefficient (Wildman–Crippen LogP) is 9.25. The minimum Gasteiger partial charge on any atom is -0.394 e. The zero-order valence-electron chi connectivity index (χ0n) is 57.3. The van der Waals surface area contributed by atoms with Crippen molar-refractivity contribution in [1.82, 2.24) is 74.8 Å². The summed E-state index contributed by atoms with van der Waals surface area (Å²) in [6, 6.07) is 13.9. The molecule has 0 spiro atoms. The van der Waals surface area contributed by atoms with Crippen molar-refractivity contribution in [3.05, 3.63) is 128 Å². The average Bonchev–Trinajstić information content (AvgIpc) is 0.846. The van der Waals surface area contributed by atoms with Gasteiger partial charge < -0.3 is 80.8 Å². The van der Waals surface area contributed by atoms with E-state index in [2.05, 4.69) is 151 Å². The maximum absolute atomic E-state index is 13.2. The number of pyridine rings is 5. The van der Waals surface area contributed by atoms with Gasteiger partial charge in [0.1, 0.15) is 33.4 Å². The molecule has 0 saturated carbocycles. The Kier molecular flexibility index (Phi) is 29.8. The molecule has 534 valence electrons. The monoisotopic (exact) mass is 1440 g/mol. The van der Waals surface area contributed by atoms with Gasteiger partial charge in [-0.3, -0.25) is 15.0 Å². The number of rotatable bonds is 29. The molecule has 100 heavy (non-hydrogen) atoms. The molecule has 32 heteroatoms. The SMILES string of the molecule is C=CCC[C@@](C)(CO)Nc1nc(N)nc2cc(F)cnc12.C=CCC[C@@](C)(CO)Nc1nc(N)nc2cccnc12.C=CC[C@@](C)(CO)Nc1nc(N)nc2cccnc12.CCCC[C@@](C)(CO)Nc1nc(N)nc2cccnc12.CCCC[C@H](CO)Nc1nc(N)nc2cc(Br)cnc12. The lowest BCUT2D eigenvalue weighted by atomic mass is 9.96. The fourth-order valence-corrected chi connectivity index (χ4v) is 10.2. The van der Waals surface area contributed by atoms with Crippen LogP contribution in [0.3, 0.4) is 0 Å². The summed E-state index contributed by atoms with van der Waals surface area (Å²) < 4.78 is 14.1. The van der Waals surface area contributed by atoms with Gasteiger partial charge in [0.25, 0.3) is 0 Å². The Morgan fingerprint density at radius 2 is 0.830 bits per heavy atom. The molecule has 0 aromatic carbocycles. The van der Waals surface area contributed by atoms with E-state index in [0.29, 0.717) is 97.1 Å². The number of aliphatic hydroxyl groups excluding tert-OH is 5. The van der Waals surface area contributed by atoms with Gasteiger partial charge in [-0.1, -0.05) is 57.8 Å². The number of unbranched alkanes of at least 4 members (excludes halogenated alkanes) is 2. The highest BCUT2D eigenvalue weighted by Crippen LogP contribution is 2.30. The van der Waals surface area contributed by atoms with Gasteiger partial charge in [0.15, 0.2) is 29.1 Å². The normalized spacial score (nSPS) is 13.7. The molecule has 0 radical (unpaired) electrons. The van der Waals surface area contributed by atoms with Crippen LogP contribution in [0.25, 0.3) is 55.2 Å². The van der Waals surface area contributed by atoms with Crippen molar-refractivity contribution in [2.24, 2.45) is 0 Å². The molecule has 10 rings (SSSR count). The summed E-state index contributed by atoms with van der Waals surface area (Å²) in [5.74, 6) is 2.81. The first-order valence-corrected chi connectivity index (χ1v) is 33.2. The Bertz CT molecular complexity index is 4310. The molecule has 0 aliphatic carbocycles. The lowest BCUT2D eigenvalue weighted by Gasteiger charge is -2.29. The van der Waals surface area contributed by atoms with E-state index in [9.17, 15) is 29.9 Å². The number of anilines is 10. The average molecular weight is 1440 g/mol. The first kappa shape index (κ1) is 78.9. The largest absolute Gasteiger partial charge is 0.394 e. The molecule has 10 heterocycles. The van der Waals surface area contributed by atoms with Crippen LogP contribution in [-0.2, 0) is 0 Å². The zero-order valence-corrected chi connectivity index (χ0v) is 58.9. The molecule has 0 amide bonds. The van der Waals surface area contributed by atoms with Gasteiger partial charge in [-0.25, -0.2) is 39.3 Å². The van der Waals surface area contributed by atoms with E-state index in [0.717, 1.165) is 68.5 Å². The third-order valence-electron chi connectivity index (χ3n) is 15.5. The van der Waals surface area contributed by atoms with Gasteiger partial charge >= 0.3 is 0 Å². The Morgan fingerprint density at radius 3 is 1.22 bits per heavy atom. The summed E-state index contributed by atoms with van der Waals surface area (Å²) in [6.07, 6.45) is 22.5. The van der Waals surface area contributed by atoms with Crippen LogP contribution < -0.4 is 55.3 Å². The zero-order chi connectivity index (χ0) is 73.0. The summed E-state index contributed by atoms with van der Waals surface area (Å²) in [7, 11) is 0. The number of fused-ring (bicyclic) bond motifs is 5. The molecular weight excluding hydrogens is 1350 g/mol. The molecule has 10 aromatic rings. The smallest absolute Gasteiger partial charge is 0.222 e. The van der Waals surface area contributed by atoms with Crippen molar-refractivity contribution in [2.45, 2.75) is 140 Å². The molecule has 5 atom stereocenters. The number of nitrogens with one attached hydrogen (secondary N) is 5. The Labute approximate surface area is 588 Å². The van der Waals surface area contributed by atoms with Gasteiger partial charge in [-0.15, -0.1) is 19.7 Å². The van der Waals surface area contributed by atoms with Crippen molar-refractivity contribution in [3.63, 3.8) is 0 Å². The van der Waals surface area contributed by atoms with Crippen LogP contribution in [0.4, 0.5) is 63.2 Å². The van der Waals surface area contributed by atoms with Crippen molar-refractivity contribution in [3.8, 4) is 0 Å². The van der Waals surface area contributed by atoms with Crippen molar-refractivity contribution in [2.75, 3.05) is 88.3 Å². The van der Waals surface area contributed by atoms with E-state index in [1.807, 2.05) is 58.0 Å². The molecule has 0 fully saturated rings. The number of nitrogens with zero attached hydrogens (tertiary/aromatic N) is 15. The molecule has 30 nitrogen and oxygen atoms in total. The standard InChI is InChI=1S/C14H18FN5O.C14H21N5O.C14H19N5O.C13H18BrN5O.C13H17N5O/c1-3-4-5-14(2,8-21)20-12-11-10(18-13(16)19-12)6-9(15)7-17-11;2*1-3-4-7-14(2,9-20)19-12-11-10(6-5-8-16-11)17-13(15)18-12;1-2-3-4-9(7-20)17-12-11-10(18-13(15)19-12)5-8(14)6-16-11;1-3-6-13(2,8-19)18-11-10-9(5-4-7-15-10)16-12(14)17-11/h3,6-7,21H,1,4-5,8H2,2H3,(H3,16,18,19,20);5-6,8,20H,3-4,7,9H2,1-2H3,(H3,15,17,18,19);3,5-6,8,20H,1,4,7,9H2,2H3,(H3,15,17,18,19);5-6,9,20H,2-4,7H2,1H3,(H3,15,17,18,19);3-5,7,19H,1,6,8H2,2H3,(H3,14,16,17,18)/t3*14-;9-;13-/m00010/s1. The summed E-state index contributed by atoms with van der Waals surface area (Å²) in [6.45, 7) is 22.8. The Balaban J connectivity index is 0.000000197. The number of halogens is 2. The highest BCUT2D eigenvalue weighted by Gasteiger charge is 2.28. The fraction of sp³-hybridized carbons (Fsp3) is 0.397. The van der Waals surface area contributed by atoms with E-state index in [1.54, 1.807) is 55.1 Å². The van der Waals surface area contributed by atoms with Crippen molar-refractivity contribution >= 4 is 130 Å². The van der Waals surface area contributed by atoms with Crippen molar-refractivity contribution in [1.29, 1.82) is 0 Å². The molecule has 0 bridgehead atoms. The van der Waals surface area contributed by atoms with Crippen LogP contribution in [0.2, 0.25) is 0 Å². The molecule has 0 unspecified atom stereocenters. The third kappa shape index (κ3) is 23.0. The number of allylic oxidation sites excluding steroid dienone is 2. The van der Waals surface area contributed by atoms with E-state index >= 15 is 0 Å². The number of aromatic nitrogens is 15. The number of nitrogen functional groups attached to an aromatic ring is 5. The van der Waals surface area contributed by atoms with E-state index in [4.69, 9.17) is 28.7 Å². The van der Waals surface area contributed by atoms with E-state index in [1.165, 1.54) is 6.07 Å². The second-order valence-corrected chi connectivity index (χ2v) is 25.5. The van der Waals surface area contributed by atoms with Crippen LogP contribution >= 0.6 is 15.9 Å². The second-order valence-electron chi connectivity index (χ2n) is 24.6. The lowest BCUT2D eigenvalue weighted by Crippen LogP contribution is -2.39. The van der Waals surface area contributed by atoms with E-state index < -0.39 is 28.0 Å². The third-order valence-corrected chi connectivity index (χ3v) is 15.9. The first-order valence-electron chi connectivity index (χ1n) is 32.4. The topological polar surface area (TPSA) is 485 Å². The molecule has 0 aliphatic heterocycles. The minimum atomic E-state index is -0.613. The molecule has 20 N–H and O–H groups in total. The van der Waals surface area contributed by atoms with Gasteiger partial charge in [0, 0.05) is 35.3 Å². The number of hydrogen-bond acceptors (Lipinski definition) is 30. The van der Waals surface area contributed by atoms with Gasteiger partial charge in [-0.2, -0.15) is 24.9 Å². The predicted molar refractivity (Wildman–Crippen MR) is 400 cm³/mol. The quantitative estimate of drug-likeness (QED) is 0.0194. The maximum Gasteiger partial charge on any atom is 0.222 e. The first-order chi connectivity index (χ1) is 47.8. The van der Waals surface area contributed by atoms with Crippen LogP contribution in [0, 0.1) is 5.82 Å². The minimum absolute atomic E-state index is 0.0152. The summed E-state index contributed by atoms with van der Waals surface area (Å²) in [5.41, 5.74) is 32.4. The second kappa shape index (κ2) is 37.7. The van der Waals surface area contributed by atoms with Gasteiger partial charge in [0.05, 0.1) is 95.0 Å². The van der Waals surface area contributed by atoms with Crippen LogP contribution in [0.5, 0.6) is 0 Å². The van der Waals surface area contributed by atoms with Crippen LogP contribution in [-0.4, -0.2) is 162 Å². The van der Waals surface area contributed by atoms with E-state index in [-0.39, 0.29) is 68.8 Å². The Morgan fingerprint density at radius 1 is 0.470 bits per heavy atom. The lowest BCUT2D eigenvalue weighted by molar-refractivity contribution is 0.212. The number of hydrogen-bond donors (Lipinski definition) is 15. The van der Waals surface area contributed by atoms with Crippen molar-refractivity contribution < 1.29 is 29.9 Å². The van der Waals surface area contributed by atoms with Gasteiger partial charge in [-0.05, 0) is 131 Å². The number of aliphatic hydroxyl groups is 5. The molecule has 10 aromatic heterocycles. The molecule has 0 aliphatic rings. The highest BCUT2D eigenvalue weighted by molar-refractivity contribution is 9.10. The number of nitrogens with two attached hydrogens (primary N) is 5.